The molecule has 1 aliphatic heterocycles. The van der Waals surface area contributed by atoms with Crippen LogP contribution in [0.3, 0.4) is 0 Å². The molecule has 5 heteroatoms. The fourth-order valence-corrected chi connectivity index (χ4v) is 4.98. The molecule has 0 radical (unpaired) electrons. The number of hydrogen-bond donors (Lipinski definition) is 0. The maximum absolute atomic E-state index is 13.3. The molecule has 1 atom stereocenters. The summed E-state index contributed by atoms with van der Waals surface area (Å²) in [4.78, 5) is 17.9. The van der Waals surface area contributed by atoms with E-state index in [0.29, 0.717) is 6.04 Å². The highest BCUT2D eigenvalue weighted by molar-refractivity contribution is 5.94. The first-order chi connectivity index (χ1) is 14.2. The molecule has 1 fully saturated rings. The minimum atomic E-state index is 0.153. The maximum atomic E-state index is 13.3. The summed E-state index contributed by atoms with van der Waals surface area (Å²) in [5.74, 6) is 0.153. The van der Waals surface area contributed by atoms with Gasteiger partial charge in [-0.15, -0.1) is 0 Å². The second kappa shape index (κ2) is 9.12. The Bertz CT molecular complexity index is 823. The number of piperidine rings is 1. The van der Waals surface area contributed by atoms with Crippen LogP contribution in [0.5, 0.6) is 0 Å². The van der Waals surface area contributed by atoms with Crippen molar-refractivity contribution in [2.45, 2.75) is 71.5 Å². The number of likely N-dealkylation sites (tertiary alicyclic amines) is 1. The summed E-state index contributed by atoms with van der Waals surface area (Å²) in [6.07, 6.45) is 6.55. The third kappa shape index (κ3) is 4.25. The van der Waals surface area contributed by atoms with Crippen LogP contribution in [0.4, 0.5) is 0 Å². The highest BCUT2D eigenvalue weighted by atomic mass is 16.2. The standard InChI is InChI=1S/C24H34N4O/c1-3-26(18-19-11-7-5-8-12-19)20-13-14-22-21(17-20)23(25-28(22)4-2)24(29)27-15-9-6-10-16-27/h5,7-8,11-12,20H,3-4,6,9-10,13-18H2,1-2H3/t20-/m0/s1. The third-order valence-corrected chi connectivity index (χ3v) is 6.62. The zero-order chi connectivity index (χ0) is 20.2. The summed E-state index contributed by atoms with van der Waals surface area (Å²) in [6.45, 7) is 8.95. The lowest BCUT2D eigenvalue weighted by Gasteiger charge is -2.34. The molecule has 2 aromatic rings. The van der Waals surface area contributed by atoms with E-state index in [1.54, 1.807) is 0 Å². The van der Waals surface area contributed by atoms with Gasteiger partial charge in [-0.2, -0.15) is 5.10 Å². The van der Waals surface area contributed by atoms with Gasteiger partial charge in [0.1, 0.15) is 0 Å². The summed E-state index contributed by atoms with van der Waals surface area (Å²) in [6, 6.07) is 11.2. The second-order valence-electron chi connectivity index (χ2n) is 8.39. The lowest BCUT2D eigenvalue weighted by molar-refractivity contribution is 0.0715. The van der Waals surface area contributed by atoms with E-state index in [1.807, 2.05) is 4.90 Å². The van der Waals surface area contributed by atoms with Gasteiger partial charge in [0.2, 0.25) is 0 Å². The number of rotatable bonds is 6. The lowest BCUT2D eigenvalue weighted by atomic mass is 9.89. The van der Waals surface area contributed by atoms with Crippen molar-refractivity contribution in [3.05, 3.63) is 52.8 Å². The molecule has 1 aliphatic carbocycles. The van der Waals surface area contributed by atoms with Crippen LogP contribution < -0.4 is 0 Å². The highest BCUT2D eigenvalue weighted by Gasteiger charge is 2.33. The molecule has 1 saturated heterocycles. The van der Waals surface area contributed by atoms with Gasteiger partial charge in [0.25, 0.3) is 5.91 Å². The van der Waals surface area contributed by atoms with E-state index in [4.69, 9.17) is 5.10 Å². The molecule has 0 N–H and O–H groups in total. The van der Waals surface area contributed by atoms with Gasteiger partial charge in [0.05, 0.1) is 0 Å². The average Bonchev–Trinajstić information content (AvgIpc) is 3.16. The summed E-state index contributed by atoms with van der Waals surface area (Å²) in [5, 5.41) is 4.80. The van der Waals surface area contributed by atoms with Crippen LogP contribution in [0.2, 0.25) is 0 Å². The Balaban J connectivity index is 1.57. The van der Waals surface area contributed by atoms with Gasteiger partial charge in [-0.3, -0.25) is 14.4 Å². The zero-order valence-corrected chi connectivity index (χ0v) is 17.9. The lowest BCUT2D eigenvalue weighted by Crippen LogP contribution is -2.40. The monoisotopic (exact) mass is 394 g/mol. The minimum absolute atomic E-state index is 0.153. The third-order valence-electron chi connectivity index (χ3n) is 6.62. The first-order valence-corrected chi connectivity index (χ1v) is 11.4. The van der Waals surface area contributed by atoms with Crippen molar-refractivity contribution in [3.63, 3.8) is 0 Å². The van der Waals surface area contributed by atoms with Crippen LogP contribution in [0.25, 0.3) is 0 Å². The Morgan fingerprint density at radius 3 is 2.59 bits per heavy atom. The van der Waals surface area contributed by atoms with E-state index < -0.39 is 0 Å². The number of hydrogen-bond acceptors (Lipinski definition) is 3. The van der Waals surface area contributed by atoms with Crippen molar-refractivity contribution >= 4 is 5.91 Å². The van der Waals surface area contributed by atoms with Crippen molar-refractivity contribution in [3.8, 4) is 0 Å². The Labute approximate surface area is 174 Å². The van der Waals surface area contributed by atoms with Crippen LogP contribution in [-0.4, -0.2) is 51.2 Å². The van der Waals surface area contributed by atoms with Gasteiger partial charge >= 0.3 is 0 Å². The molecule has 5 nitrogen and oxygen atoms in total. The van der Waals surface area contributed by atoms with Crippen LogP contribution in [0.1, 0.15) is 66.8 Å². The van der Waals surface area contributed by atoms with Gasteiger partial charge in [0.15, 0.2) is 5.69 Å². The SMILES string of the molecule is CCN(Cc1ccccc1)[C@H]1CCc2c(c(C(=O)N3CCCCC3)nn2CC)C1. The number of benzene rings is 1. The van der Waals surface area contributed by atoms with E-state index in [0.717, 1.165) is 70.5 Å². The minimum Gasteiger partial charge on any atom is -0.337 e. The van der Waals surface area contributed by atoms with Crippen LogP contribution in [0, 0.1) is 0 Å². The topological polar surface area (TPSA) is 41.4 Å². The van der Waals surface area contributed by atoms with Gasteiger partial charge in [0, 0.05) is 43.5 Å². The van der Waals surface area contributed by atoms with Crippen molar-refractivity contribution in [1.29, 1.82) is 0 Å². The molecule has 156 valence electrons. The maximum Gasteiger partial charge on any atom is 0.274 e. The molecule has 0 unspecified atom stereocenters. The molecular formula is C24H34N4O. The van der Waals surface area contributed by atoms with Crippen LogP contribution in [-0.2, 0) is 25.9 Å². The normalized spacial score (nSPS) is 19.4. The Morgan fingerprint density at radius 1 is 1.14 bits per heavy atom. The molecule has 4 rings (SSSR count). The summed E-state index contributed by atoms with van der Waals surface area (Å²) in [7, 11) is 0. The van der Waals surface area contributed by atoms with E-state index in [9.17, 15) is 4.79 Å². The van der Waals surface area contributed by atoms with Gasteiger partial charge < -0.3 is 4.90 Å². The summed E-state index contributed by atoms with van der Waals surface area (Å²) in [5.41, 5.74) is 4.59. The van der Waals surface area contributed by atoms with Gasteiger partial charge in [-0.1, -0.05) is 37.3 Å². The first-order valence-electron chi connectivity index (χ1n) is 11.4. The Morgan fingerprint density at radius 2 is 1.90 bits per heavy atom. The number of aromatic nitrogens is 2. The van der Waals surface area contributed by atoms with E-state index in [-0.39, 0.29) is 5.91 Å². The van der Waals surface area contributed by atoms with Crippen LogP contribution in [0.15, 0.2) is 30.3 Å². The largest absolute Gasteiger partial charge is 0.337 e. The molecule has 1 aromatic heterocycles. The quantitative estimate of drug-likeness (QED) is 0.746. The first kappa shape index (κ1) is 20.1. The molecule has 1 amide bonds. The van der Waals surface area contributed by atoms with E-state index in [2.05, 4.69) is 53.8 Å². The molecule has 0 spiro atoms. The zero-order valence-electron chi connectivity index (χ0n) is 17.9. The fourth-order valence-electron chi connectivity index (χ4n) is 4.98. The van der Waals surface area contributed by atoms with Gasteiger partial charge in [-0.25, -0.2) is 0 Å². The smallest absolute Gasteiger partial charge is 0.274 e. The number of likely N-dealkylation sites (N-methyl/N-ethyl adjacent to an activating group) is 1. The molecular weight excluding hydrogens is 360 g/mol. The number of nitrogens with zero attached hydrogens (tertiary/aromatic N) is 4. The molecule has 1 aromatic carbocycles. The van der Waals surface area contributed by atoms with E-state index >= 15 is 0 Å². The molecule has 29 heavy (non-hydrogen) atoms. The Kier molecular flexibility index (Phi) is 6.34. The molecule has 2 heterocycles. The molecule has 2 aliphatic rings. The van der Waals surface area contributed by atoms with Crippen LogP contribution >= 0.6 is 0 Å². The second-order valence-corrected chi connectivity index (χ2v) is 8.39. The average molecular weight is 395 g/mol. The van der Waals surface area contributed by atoms with Crippen molar-refractivity contribution in [2.75, 3.05) is 19.6 Å². The summed E-state index contributed by atoms with van der Waals surface area (Å²) < 4.78 is 2.08. The molecule has 0 saturated carbocycles. The van der Waals surface area contributed by atoms with Crippen molar-refractivity contribution in [1.82, 2.24) is 19.6 Å². The van der Waals surface area contributed by atoms with Crippen molar-refractivity contribution < 1.29 is 4.79 Å². The highest BCUT2D eigenvalue weighted by Crippen LogP contribution is 2.29. The van der Waals surface area contributed by atoms with Gasteiger partial charge in [-0.05, 0) is 57.6 Å². The Hall–Kier alpha value is -2.14. The number of carbonyl (C=O) groups excluding carboxylic acids is 1. The summed E-state index contributed by atoms with van der Waals surface area (Å²) >= 11 is 0. The predicted octanol–water partition coefficient (Wildman–Crippen LogP) is 3.91. The number of carbonyl (C=O) groups is 1. The number of aryl methyl sites for hydroxylation is 1. The predicted molar refractivity (Wildman–Crippen MR) is 116 cm³/mol. The number of fused-ring (bicyclic) bond motifs is 1. The number of amides is 1. The molecule has 0 bridgehead atoms. The fraction of sp³-hybridized carbons (Fsp3) is 0.583. The van der Waals surface area contributed by atoms with E-state index in [1.165, 1.54) is 23.2 Å². The van der Waals surface area contributed by atoms with Crippen molar-refractivity contribution in [2.24, 2.45) is 0 Å².